The number of carbonyl (C=O) groups excluding carboxylic acids is 1. The molecule has 0 aromatic heterocycles. The first-order chi connectivity index (χ1) is 7.60. The van der Waals surface area contributed by atoms with Crippen molar-refractivity contribution < 1.29 is 19.4 Å². The number of ether oxygens (including phenoxy) is 1. The van der Waals surface area contributed by atoms with Gasteiger partial charge in [-0.15, -0.1) is 0 Å². The number of aliphatic carboxylic acids is 1. The molecule has 0 unspecified atom stereocenters. The van der Waals surface area contributed by atoms with Gasteiger partial charge in [0.25, 0.3) is 0 Å². The van der Waals surface area contributed by atoms with Gasteiger partial charge in [0.2, 0.25) is 0 Å². The van der Waals surface area contributed by atoms with E-state index in [1.165, 1.54) is 0 Å². The van der Waals surface area contributed by atoms with Gasteiger partial charge in [-0.1, -0.05) is 20.3 Å². The van der Waals surface area contributed by atoms with Crippen LogP contribution in [-0.4, -0.2) is 23.1 Å². The van der Waals surface area contributed by atoms with E-state index in [1.807, 2.05) is 13.8 Å². The number of carboxylic acid groups (broad SMARTS) is 1. The lowest BCUT2D eigenvalue weighted by atomic mass is 10.1. The fourth-order valence-electron chi connectivity index (χ4n) is 1.42. The van der Waals surface area contributed by atoms with Crippen LogP contribution in [0.4, 0.5) is 0 Å². The molecule has 0 saturated heterocycles. The maximum atomic E-state index is 11.3. The molecule has 4 nitrogen and oxygen atoms in total. The number of hydrogen-bond donors (Lipinski definition) is 1. The third-order valence-corrected chi connectivity index (χ3v) is 2.48. The van der Waals surface area contributed by atoms with Gasteiger partial charge in [0.15, 0.2) is 0 Å². The summed E-state index contributed by atoms with van der Waals surface area (Å²) in [6, 6.07) is 0. The van der Waals surface area contributed by atoms with E-state index in [2.05, 4.69) is 0 Å². The minimum Gasteiger partial charge on any atom is -0.481 e. The molecule has 0 saturated carbocycles. The maximum Gasteiger partial charge on any atom is 0.306 e. The summed E-state index contributed by atoms with van der Waals surface area (Å²) >= 11 is 0. The SMILES string of the molecule is CCC(CC)OC(=O)CCCCCC(=O)O. The van der Waals surface area contributed by atoms with Gasteiger partial charge in [0.05, 0.1) is 0 Å². The number of carbonyl (C=O) groups is 2. The highest BCUT2D eigenvalue weighted by Gasteiger charge is 2.09. The maximum absolute atomic E-state index is 11.3. The zero-order valence-corrected chi connectivity index (χ0v) is 10.2. The standard InChI is InChI=1S/C12H22O4/c1-3-10(4-2)16-12(15)9-7-5-6-8-11(13)14/h10H,3-9H2,1-2H3,(H,13,14). The second kappa shape index (κ2) is 9.19. The van der Waals surface area contributed by atoms with Gasteiger partial charge >= 0.3 is 11.9 Å². The fourth-order valence-corrected chi connectivity index (χ4v) is 1.42. The van der Waals surface area contributed by atoms with Crippen molar-refractivity contribution in [1.82, 2.24) is 0 Å². The average molecular weight is 230 g/mol. The number of esters is 1. The molecule has 1 N–H and O–H groups in total. The molecule has 16 heavy (non-hydrogen) atoms. The zero-order chi connectivity index (χ0) is 12.4. The van der Waals surface area contributed by atoms with Gasteiger partial charge in [0.1, 0.15) is 6.10 Å². The van der Waals surface area contributed by atoms with Crippen molar-refractivity contribution in [3.05, 3.63) is 0 Å². The van der Waals surface area contributed by atoms with Crippen molar-refractivity contribution in [3.8, 4) is 0 Å². The molecule has 94 valence electrons. The molecular formula is C12H22O4. The monoisotopic (exact) mass is 230 g/mol. The Bertz CT molecular complexity index is 209. The quantitative estimate of drug-likeness (QED) is 0.488. The summed E-state index contributed by atoms with van der Waals surface area (Å²) in [5, 5.41) is 8.41. The van der Waals surface area contributed by atoms with Gasteiger partial charge in [-0.25, -0.2) is 0 Å². The van der Waals surface area contributed by atoms with E-state index in [4.69, 9.17) is 9.84 Å². The largest absolute Gasteiger partial charge is 0.481 e. The van der Waals surface area contributed by atoms with E-state index in [9.17, 15) is 9.59 Å². The molecule has 0 aromatic rings. The fraction of sp³-hybridized carbons (Fsp3) is 0.833. The highest BCUT2D eigenvalue weighted by atomic mass is 16.5. The van der Waals surface area contributed by atoms with E-state index in [1.54, 1.807) is 0 Å². The Hall–Kier alpha value is -1.06. The van der Waals surface area contributed by atoms with Crippen molar-refractivity contribution in [3.63, 3.8) is 0 Å². The average Bonchev–Trinajstić information content (AvgIpc) is 2.25. The molecule has 0 radical (unpaired) electrons. The van der Waals surface area contributed by atoms with Crippen molar-refractivity contribution in [2.45, 2.75) is 64.9 Å². The molecule has 0 aliphatic heterocycles. The van der Waals surface area contributed by atoms with Crippen LogP contribution in [0.15, 0.2) is 0 Å². The smallest absolute Gasteiger partial charge is 0.306 e. The van der Waals surface area contributed by atoms with Crippen molar-refractivity contribution >= 4 is 11.9 Å². The van der Waals surface area contributed by atoms with Gasteiger partial charge in [-0.05, 0) is 25.7 Å². The Labute approximate surface area is 97.0 Å². The van der Waals surface area contributed by atoms with Crippen LogP contribution in [0.5, 0.6) is 0 Å². The molecular weight excluding hydrogens is 208 g/mol. The van der Waals surface area contributed by atoms with Crippen LogP contribution in [0.2, 0.25) is 0 Å². The Kier molecular flexibility index (Phi) is 8.58. The van der Waals surface area contributed by atoms with Crippen LogP contribution in [0, 0.1) is 0 Å². The van der Waals surface area contributed by atoms with Gasteiger partial charge in [-0.2, -0.15) is 0 Å². The Morgan fingerprint density at radius 2 is 1.62 bits per heavy atom. The van der Waals surface area contributed by atoms with E-state index in [0.29, 0.717) is 19.3 Å². The number of unbranched alkanes of at least 4 members (excludes halogenated alkanes) is 2. The molecule has 0 fully saturated rings. The third kappa shape index (κ3) is 8.26. The summed E-state index contributed by atoms with van der Waals surface area (Å²) in [6.07, 6.45) is 4.43. The van der Waals surface area contributed by atoms with Crippen molar-refractivity contribution in [2.24, 2.45) is 0 Å². The molecule has 0 rings (SSSR count). The highest BCUT2D eigenvalue weighted by molar-refractivity contribution is 5.69. The summed E-state index contributed by atoms with van der Waals surface area (Å²) in [4.78, 5) is 21.6. The third-order valence-electron chi connectivity index (χ3n) is 2.48. The first kappa shape index (κ1) is 14.9. The molecule has 0 amide bonds. The van der Waals surface area contributed by atoms with Gasteiger partial charge in [0, 0.05) is 12.8 Å². The molecule has 0 bridgehead atoms. The van der Waals surface area contributed by atoms with Gasteiger partial charge < -0.3 is 9.84 Å². The predicted molar refractivity (Wildman–Crippen MR) is 61.2 cm³/mol. The molecule has 0 aliphatic rings. The van der Waals surface area contributed by atoms with Gasteiger partial charge in [-0.3, -0.25) is 9.59 Å². The van der Waals surface area contributed by atoms with Crippen LogP contribution in [0.3, 0.4) is 0 Å². The van der Waals surface area contributed by atoms with Crippen LogP contribution in [0.25, 0.3) is 0 Å². The highest BCUT2D eigenvalue weighted by Crippen LogP contribution is 2.08. The van der Waals surface area contributed by atoms with Crippen LogP contribution in [0.1, 0.15) is 58.8 Å². The predicted octanol–water partition coefficient (Wildman–Crippen LogP) is 2.75. The normalized spacial score (nSPS) is 10.4. The summed E-state index contributed by atoms with van der Waals surface area (Å²) in [5.41, 5.74) is 0. The van der Waals surface area contributed by atoms with Crippen molar-refractivity contribution in [2.75, 3.05) is 0 Å². The Morgan fingerprint density at radius 3 is 2.12 bits per heavy atom. The molecule has 4 heteroatoms. The number of carboxylic acids is 1. The Balaban J connectivity index is 3.46. The summed E-state index contributed by atoms with van der Waals surface area (Å²) in [5.74, 6) is -0.941. The second-order valence-corrected chi connectivity index (χ2v) is 3.88. The topological polar surface area (TPSA) is 63.6 Å². The number of hydrogen-bond acceptors (Lipinski definition) is 3. The minimum atomic E-state index is -0.778. The second-order valence-electron chi connectivity index (χ2n) is 3.88. The molecule has 0 atom stereocenters. The summed E-state index contributed by atoms with van der Waals surface area (Å²) in [7, 11) is 0. The van der Waals surface area contributed by atoms with Crippen LogP contribution < -0.4 is 0 Å². The van der Waals surface area contributed by atoms with E-state index < -0.39 is 5.97 Å². The van der Waals surface area contributed by atoms with E-state index in [-0.39, 0.29) is 18.5 Å². The van der Waals surface area contributed by atoms with E-state index in [0.717, 1.165) is 19.3 Å². The molecule has 0 heterocycles. The zero-order valence-electron chi connectivity index (χ0n) is 10.2. The first-order valence-electron chi connectivity index (χ1n) is 6.01. The lowest BCUT2D eigenvalue weighted by molar-refractivity contribution is -0.149. The molecule has 0 aliphatic carbocycles. The molecule has 0 aromatic carbocycles. The lowest BCUT2D eigenvalue weighted by Crippen LogP contribution is -2.16. The first-order valence-corrected chi connectivity index (χ1v) is 6.01. The Morgan fingerprint density at radius 1 is 1.06 bits per heavy atom. The van der Waals surface area contributed by atoms with E-state index >= 15 is 0 Å². The molecule has 0 spiro atoms. The van der Waals surface area contributed by atoms with Crippen molar-refractivity contribution in [1.29, 1.82) is 0 Å². The van der Waals surface area contributed by atoms with Crippen LogP contribution >= 0.6 is 0 Å². The number of rotatable bonds is 9. The van der Waals surface area contributed by atoms with Crippen LogP contribution in [-0.2, 0) is 14.3 Å². The summed E-state index contributed by atoms with van der Waals surface area (Å²) in [6.45, 7) is 3.99. The minimum absolute atomic E-state index is 0.0338. The lowest BCUT2D eigenvalue weighted by Gasteiger charge is -2.13. The summed E-state index contributed by atoms with van der Waals surface area (Å²) < 4.78 is 5.22.